The molecular weight excluding hydrogens is 331 g/mol. The maximum atomic E-state index is 14.3. The lowest BCUT2D eigenvalue weighted by atomic mass is 9.60. The monoisotopic (exact) mass is 362 g/mol. The Morgan fingerprint density at radius 2 is 2.04 bits per heavy atom. The third-order valence-corrected chi connectivity index (χ3v) is 7.22. The molecule has 1 aromatic carbocycles. The SMILES string of the molecule is CC.CCC12COC3(c4cc(F)cc(OC5CCCCO5)c4)CCC13C2. The predicted octanol–water partition coefficient (Wildman–Crippen LogP) is 5.56. The standard InChI is InChI=1S/C20H25FO3.C2H6/c1-2-18-12-19(18)6-7-20(19,23-13-18)14-9-15(21)11-16(10-14)24-17-5-3-4-8-22-17;1-2/h9-11,17H,2-8,12-13H2,1H3;1-2H3. The molecule has 4 fully saturated rings. The molecule has 4 atom stereocenters. The van der Waals surface area contributed by atoms with Crippen LogP contribution in [0.25, 0.3) is 0 Å². The van der Waals surface area contributed by atoms with E-state index in [-0.39, 0.29) is 23.1 Å². The quantitative estimate of drug-likeness (QED) is 0.701. The molecule has 4 aliphatic rings. The smallest absolute Gasteiger partial charge is 0.199 e. The Hall–Kier alpha value is -1.13. The van der Waals surface area contributed by atoms with E-state index in [1.54, 1.807) is 6.07 Å². The lowest BCUT2D eigenvalue weighted by Crippen LogP contribution is -2.46. The van der Waals surface area contributed by atoms with Gasteiger partial charge in [0.2, 0.25) is 0 Å². The van der Waals surface area contributed by atoms with Gasteiger partial charge in [-0.3, -0.25) is 0 Å². The molecule has 4 unspecified atom stereocenters. The average molecular weight is 362 g/mol. The van der Waals surface area contributed by atoms with E-state index in [4.69, 9.17) is 14.2 Å². The first kappa shape index (κ1) is 18.2. The minimum atomic E-state index is -0.281. The molecule has 2 saturated carbocycles. The van der Waals surface area contributed by atoms with Gasteiger partial charge < -0.3 is 14.2 Å². The summed E-state index contributed by atoms with van der Waals surface area (Å²) in [6.45, 7) is 7.80. The van der Waals surface area contributed by atoms with Gasteiger partial charge in [0.1, 0.15) is 11.6 Å². The summed E-state index contributed by atoms with van der Waals surface area (Å²) >= 11 is 0. The topological polar surface area (TPSA) is 27.7 Å². The minimum Gasteiger partial charge on any atom is -0.465 e. The van der Waals surface area contributed by atoms with Crippen LogP contribution in [0.1, 0.15) is 71.3 Å². The average Bonchev–Trinajstić information content (AvgIpc) is 3.31. The molecule has 26 heavy (non-hydrogen) atoms. The lowest BCUT2D eigenvalue weighted by Gasteiger charge is -2.48. The maximum Gasteiger partial charge on any atom is 0.199 e. The van der Waals surface area contributed by atoms with Crippen LogP contribution < -0.4 is 4.74 Å². The summed E-state index contributed by atoms with van der Waals surface area (Å²) in [7, 11) is 0. The van der Waals surface area contributed by atoms with Crippen molar-refractivity contribution in [1.82, 2.24) is 0 Å². The molecule has 0 N–H and O–H groups in total. The fraction of sp³-hybridized carbons (Fsp3) is 0.727. The molecule has 3 nitrogen and oxygen atoms in total. The van der Waals surface area contributed by atoms with Crippen LogP contribution in [0.4, 0.5) is 4.39 Å². The van der Waals surface area contributed by atoms with Crippen molar-refractivity contribution in [2.24, 2.45) is 10.8 Å². The lowest BCUT2D eigenvalue weighted by molar-refractivity contribution is -0.126. The van der Waals surface area contributed by atoms with Gasteiger partial charge in [0.05, 0.1) is 18.8 Å². The van der Waals surface area contributed by atoms with E-state index in [1.165, 1.54) is 18.9 Å². The van der Waals surface area contributed by atoms with Crippen LogP contribution in [0, 0.1) is 16.6 Å². The predicted molar refractivity (Wildman–Crippen MR) is 98.6 cm³/mol. The Labute approximate surface area is 156 Å². The normalized spacial score (nSPS) is 39.8. The Balaban J connectivity index is 0.000000814. The molecule has 144 valence electrons. The Morgan fingerprint density at radius 3 is 2.65 bits per heavy atom. The molecule has 2 saturated heterocycles. The van der Waals surface area contributed by atoms with Crippen LogP contribution in [0.15, 0.2) is 18.2 Å². The van der Waals surface area contributed by atoms with Gasteiger partial charge in [0.15, 0.2) is 6.29 Å². The molecule has 1 aromatic rings. The molecule has 0 amide bonds. The van der Waals surface area contributed by atoms with Crippen molar-refractivity contribution in [3.63, 3.8) is 0 Å². The van der Waals surface area contributed by atoms with E-state index in [1.807, 2.05) is 19.9 Å². The van der Waals surface area contributed by atoms with Crippen LogP contribution in [-0.4, -0.2) is 19.5 Å². The molecule has 5 rings (SSSR count). The van der Waals surface area contributed by atoms with E-state index in [9.17, 15) is 4.39 Å². The molecular formula is C22H31FO3. The number of hydrogen-bond donors (Lipinski definition) is 0. The van der Waals surface area contributed by atoms with E-state index < -0.39 is 0 Å². The van der Waals surface area contributed by atoms with Gasteiger partial charge in [-0.15, -0.1) is 0 Å². The van der Waals surface area contributed by atoms with Crippen LogP contribution >= 0.6 is 0 Å². The summed E-state index contributed by atoms with van der Waals surface area (Å²) in [5.74, 6) is 0.333. The van der Waals surface area contributed by atoms with Gasteiger partial charge in [-0.1, -0.05) is 20.8 Å². The van der Waals surface area contributed by atoms with E-state index in [2.05, 4.69) is 6.92 Å². The highest BCUT2D eigenvalue weighted by Gasteiger charge is 2.84. The summed E-state index contributed by atoms with van der Waals surface area (Å²) in [6, 6.07) is 5.12. The molecule has 0 bridgehead atoms. The molecule has 1 spiro atoms. The van der Waals surface area contributed by atoms with Crippen molar-refractivity contribution in [3.05, 3.63) is 29.6 Å². The van der Waals surface area contributed by atoms with Crippen molar-refractivity contribution in [2.45, 2.75) is 77.6 Å². The van der Waals surface area contributed by atoms with Crippen molar-refractivity contribution < 1.29 is 18.6 Å². The molecule has 2 aliphatic carbocycles. The second kappa shape index (κ2) is 6.49. The number of benzene rings is 1. The van der Waals surface area contributed by atoms with Crippen LogP contribution in [0.5, 0.6) is 5.75 Å². The van der Waals surface area contributed by atoms with Crippen LogP contribution in [0.3, 0.4) is 0 Å². The van der Waals surface area contributed by atoms with E-state index in [0.29, 0.717) is 11.2 Å². The number of ether oxygens (including phenoxy) is 3. The summed E-state index contributed by atoms with van der Waals surface area (Å²) in [4.78, 5) is 0. The Morgan fingerprint density at radius 1 is 1.19 bits per heavy atom. The Kier molecular flexibility index (Phi) is 4.55. The first-order chi connectivity index (χ1) is 12.6. The van der Waals surface area contributed by atoms with Gasteiger partial charge in [-0.2, -0.15) is 0 Å². The molecule has 4 heteroatoms. The highest BCUT2D eigenvalue weighted by atomic mass is 19.1. The molecule has 2 aliphatic heterocycles. The van der Waals surface area contributed by atoms with Gasteiger partial charge in [-0.05, 0) is 56.2 Å². The van der Waals surface area contributed by atoms with Gasteiger partial charge >= 0.3 is 0 Å². The molecule has 0 aromatic heterocycles. The second-order valence-corrected chi connectivity index (χ2v) is 8.10. The zero-order valence-corrected chi connectivity index (χ0v) is 16.3. The molecule has 0 radical (unpaired) electrons. The van der Waals surface area contributed by atoms with Gasteiger partial charge in [-0.25, -0.2) is 4.39 Å². The minimum absolute atomic E-state index is 0.243. The summed E-state index contributed by atoms with van der Waals surface area (Å²) in [5.41, 5.74) is 1.27. The zero-order chi connectivity index (χ0) is 18.4. The highest BCUT2D eigenvalue weighted by molar-refractivity contribution is 5.44. The fourth-order valence-corrected chi connectivity index (χ4v) is 5.66. The van der Waals surface area contributed by atoms with Crippen molar-refractivity contribution >= 4 is 0 Å². The first-order valence-electron chi connectivity index (χ1n) is 10.4. The highest BCUT2D eigenvalue weighted by Crippen LogP contribution is 2.86. The molecule has 2 heterocycles. The van der Waals surface area contributed by atoms with Gasteiger partial charge in [0, 0.05) is 23.3 Å². The number of halogens is 1. The summed E-state index contributed by atoms with van der Waals surface area (Å²) in [6.07, 6.45) is 7.39. The summed E-state index contributed by atoms with van der Waals surface area (Å²) in [5, 5.41) is 0. The first-order valence-corrected chi connectivity index (χ1v) is 10.4. The number of hydrogen-bond acceptors (Lipinski definition) is 3. The zero-order valence-electron chi connectivity index (χ0n) is 16.3. The Bertz CT molecular complexity index is 667. The van der Waals surface area contributed by atoms with Crippen molar-refractivity contribution in [3.8, 4) is 5.75 Å². The fourth-order valence-electron chi connectivity index (χ4n) is 5.66. The number of rotatable bonds is 4. The summed E-state index contributed by atoms with van der Waals surface area (Å²) < 4.78 is 32.2. The van der Waals surface area contributed by atoms with Gasteiger partial charge in [0.25, 0.3) is 0 Å². The maximum absolute atomic E-state index is 14.3. The third-order valence-electron chi connectivity index (χ3n) is 7.22. The third kappa shape index (κ3) is 2.37. The van der Waals surface area contributed by atoms with E-state index >= 15 is 0 Å². The van der Waals surface area contributed by atoms with Crippen LogP contribution in [0.2, 0.25) is 0 Å². The van der Waals surface area contributed by atoms with Crippen molar-refractivity contribution in [2.75, 3.05) is 13.2 Å². The van der Waals surface area contributed by atoms with Crippen molar-refractivity contribution in [1.29, 1.82) is 0 Å². The van der Waals surface area contributed by atoms with Crippen LogP contribution in [-0.2, 0) is 15.1 Å². The second-order valence-electron chi connectivity index (χ2n) is 8.10. The van der Waals surface area contributed by atoms with E-state index in [0.717, 1.165) is 50.9 Å². The largest absolute Gasteiger partial charge is 0.465 e.